The summed E-state index contributed by atoms with van der Waals surface area (Å²) in [6, 6.07) is 5.40. The molecule has 1 aromatic heterocycles. The van der Waals surface area contributed by atoms with Crippen LogP contribution in [0.2, 0.25) is 0 Å². The smallest absolute Gasteiger partial charge is 0.261 e. The number of anilines is 1. The van der Waals surface area contributed by atoms with E-state index in [0.29, 0.717) is 23.1 Å². The van der Waals surface area contributed by atoms with Crippen molar-refractivity contribution < 1.29 is 9.53 Å². The minimum absolute atomic E-state index is 0.218. The summed E-state index contributed by atoms with van der Waals surface area (Å²) in [7, 11) is 0. The molecule has 0 saturated heterocycles. The number of ether oxygens (including phenoxy) is 1. The number of nitroso groups, excluding NO2 is 1. The van der Waals surface area contributed by atoms with Gasteiger partial charge in [0.15, 0.2) is 10.1 Å². The van der Waals surface area contributed by atoms with Crippen LogP contribution in [0.25, 0.3) is 0 Å². The van der Waals surface area contributed by atoms with Crippen molar-refractivity contribution in [2.45, 2.75) is 13.8 Å². The van der Waals surface area contributed by atoms with E-state index >= 15 is 0 Å². The second kappa shape index (κ2) is 6.25. The zero-order chi connectivity index (χ0) is 14.5. The lowest BCUT2D eigenvalue weighted by Gasteiger charge is -2.11. The minimum Gasteiger partial charge on any atom is -0.493 e. The fourth-order valence-corrected chi connectivity index (χ4v) is 2.32. The number of hydrogen-bond acceptors (Lipinski definition) is 6. The average molecular weight is 291 g/mol. The Morgan fingerprint density at radius 3 is 2.95 bits per heavy atom. The van der Waals surface area contributed by atoms with Crippen LogP contribution >= 0.6 is 11.3 Å². The van der Waals surface area contributed by atoms with Gasteiger partial charge < -0.3 is 4.74 Å². The molecule has 0 aliphatic rings. The van der Waals surface area contributed by atoms with E-state index in [9.17, 15) is 9.70 Å². The quantitative estimate of drug-likeness (QED) is 0.855. The molecule has 1 N–H and O–H groups in total. The van der Waals surface area contributed by atoms with Crippen molar-refractivity contribution in [3.63, 3.8) is 0 Å². The molecule has 0 saturated carbocycles. The molecule has 0 unspecified atom stereocenters. The summed E-state index contributed by atoms with van der Waals surface area (Å²) in [5, 5.41) is 5.95. The average Bonchev–Trinajstić information content (AvgIpc) is 2.86. The minimum atomic E-state index is -0.321. The summed E-state index contributed by atoms with van der Waals surface area (Å²) in [5.74, 6) is 0.202. The molecule has 0 aliphatic carbocycles. The molecule has 2 rings (SSSR count). The first-order valence-corrected chi connectivity index (χ1v) is 6.80. The van der Waals surface area contributed by atoms with Gasteiger partial charge in [0, 0.05) is 0 Å². The third kappa shape index (κ3) is 3.00. The third-order valence-corrected chi connectivity index (χ3v) is 3.36. The molecule has 6 nitrogen and oxygen atoms in total. The number of amides is 1. The first-order chi connectivity index (χ1) is 9.65. The predicted molar refractivity (Wildman–Crippen MR) is 77.9 cm³/mol. The van der Waals surface area contributed by atoms with Crippen LogP contribution in [0, 0.1) is 11.8 Å². The highest BCUT2D eigenvalue weighted by Gasteiger charge is 2.16. The van der Waals surface area contributed by atoms with Gasteiger partial charge in [0.2, 0.25) is 0 Å². The first-order valence-electron chi connectivity index (χ1n) is 5.98. The van der Waals surface area contributed by atoms with Gasteiger partial charge in [0.05, 0.1) is 18.4 Å². The van der Waals surface area contributed by atoms with Gasteiger partial charge in [-0.3, -0.25) is 10.1 Å². The third-order valence-electron chi connectivity index (χ3n) is 2.57. The molecule has 104 valence electrons. The standard InChI is InChI=1S/C13H13N3O3S/c1-3-19-9-6-4-5-8(2)11(9)12(17)15-13-14-7-10(16-18)20-13/h4-7H,3H2,1-2H3,(H,14,15,17). The van der Waals surface area contributed by atoms with E-state index in [1.165, 1.54) is 6.20 Å². The Bertz CT molecular complexity index is 640. The largest absolute Gasteiger partial charge is 0.493 e. The van der Waals surface area contributed by atoms with Crippen molar-refractivity contribution in [3.05, 3.63) is 40.4 Å². The van der Waals surface area contributed by atoms with Crippen LogP contribution in [0.5, 0.6) is 5.75 Å². The van der Waals surface area contributed by atoms with Crippen LogP contribution in [0.1, 0.15) is 22.8 Å². The second-order valence-electron chi connectivity index (χ2n) is 3.93. The summed E-state index contributed by atoms with van der Waals surface area (Å²) in [5.41, 5.74) is 1.27. The molecule has 0 bridgehead atoms. The zero-order valence-electron chi connectivity index (χ0n) is 11.0. The van der Waals surface area contributed by atoms with Crippen LogP contribution in [-0.2, 0) is 0 Å². The van der Waals surface area contributed by atoms with Gasteiger partial charge in [-0.1, -0.05) is 23.5 Å². The number of hydrogen-bond donors (Lipinski definition) is 1. The highest BCUT2D eigenvalue weighted by molar-refractivity contribution is 7.19. The van der Waals surface area contributed by atoms with Crippen molar-refractivity contribution in [1.29, 1.82) is 0 Å². The number of aromatic nitrogens is 1. The Hall–Kier alpha value is -2.28. The molecule has 0 spiro atoms. The lowest BCUT2D eigenvalue weighted by Crippen LogP contribution is -2.15. The van der Waals surface area contributed by atoms with Gasteiger partial charge >= 0.3 is 0 Å². The predicted octanol–water partition coefficient (Wildman–Crippen LogP) is 3.50. The monoisotopic (exact) mass is 291 g/mol. The van der Waals surface area contributed by atoms with Crippen molar-refractivity contribution in [2.24, 2.45) is 5.18 Å². The lowest BCUT2D eigenvalue weighted by molar-refractivity contribution is 0.102. The summed E-state index contributed by atoms with van der Waals surface area (Å²) in [6.45, 7) is 4.16. The Labute approximate surface area is 119 Å². The van der Waals surface area contributed by atoms with E-state index in [1.54, 1.807) is 6.07 Å². The molecular formula is C13H13N3O3S. The molecule has 0 atom stereocenters. The summed E-state index contributed by atoms with van der Waals surface area (Å²) >= 11 is 1.02. The van der Waals surface area contributed by atoms with Gasteiger partial charge in [-0.2, -0.15) is 0 Å². The number of nitrogens with zero attached hydrogens (tertiary/aromatic N) is 2. The number of carbonyl (C=O) groups is 1. The Morgan fingerprint density at radius 2 is 2.30 bits per heavy atom. The fraction of sp³-hybridized carbons (Fsp3) is 0.231. The maximum Gasteiger partial charge on any atom is 0.261 e. The van der Waals surface area contributed by atoms with Crippen molar-refractivity contribution >= 4 is 27.4 Å². The maximum atomic E-state index is 12.3. The molecular weight excluding hydrogens is 278 g/mol. The summed E-state index contributed by atoms with van der Waals surface area (Å²) < 4.78 is 5.46. The molecule has 1 amide bonds. The molecule has 0 aliphatic heterocycles. The zero-order valence-corrected chi connectivity index (χ0v) is 11.9. The van der Waals surface area contributed by atoms with Crippen LogP contribution in [-0.4, -0.2) is 17.5 Å². The van der Waals surface area contributed by atoms with Gasteiger partial charge in [0.25, 0.3) is 5.91 Å². The van der Waals surface area contributed by atoms with Crippen LogP contribution in [0.15, 0.2) is 29.6 Å². The van der Waals surface area contributed by atoms with Gasteiger partial charge in [-0.25, -0.2) is 4.98 Å². The molecule has 1 heterocycles. The van der Waals surface area contributed by atoms with Crippen molar-refractivity contribution in [2.75, 3.05) is 11.9 Å². The fourth-order valence-electron chi connectivity index (χ4n) is 1.73. The van der Waals surface area contributed by atoms with Crippen LogP contribution in [0.4, 0.5) is 10.1 Å². The van der Waals surface area contributed by atoms with Crippen LogP contribution < -0.4 is 10.1 Å². The number of benzene rings is 1. The topological polar surface area (TPSA) is 80.7 Å². The lowest BCUT2D eigenvalue weighted by atomic mass is 10.1. The van der Waals surface area contributed by atoms with Gasteiger partial charge in [-0.05, 0) is 30.7 Å². The van der Waals surface area contributed by atoms with Crippen molar-refractivity contribution in [1.82, 2.24) is 4.98 Å². The van der Waals surface area contributed by atoms with E-state index in [0.717, 1.165) is 16.9 Å². The normalized spacial score (nSPS) is 10.1. The number of carbonyl (C=O) groups excluding carboxylic acids is 1. The Kier molecular flexibility index (Phi) is 4.41. The van der Waals surface area contributed by atoms with Gasteiger partial charge in [0.1, 0.15) is 5.75 Å². The molecule has 20 heavy (non-hydrogen) atoms. The number of nitrogens with one attached hydrogen (secondary N) is 1. The molecule has 0 fully saturated rings. The summed E-state index contributed by atoms with van der Waals surface area (Å²) in [4.78, 5) is 26.6. The second-order valence-corrected chi connectivity index (χ2v) is 4.94. The highest BCUT2D eigenvalue weighted by atomic mass is 32.1. The summed E-state index contributed by atoms with van der Waals surface area (Å²) in [6.07, 6.45) is 1.31. The van der Waals surface area contributed by atoms with E-state index in [2.05, 4.69) is 15.5 Å². The van der Waals surface area contributed by atoms with Gasteiger partial charge in [-0.15, -0.1) is 4.91 Å². The molecule has 0 radical (unpaired) electrons. The number of thiazole rings is 1. The number of aryl methyl sites for hydroxylation is 1. The van der Waals surface area contributed by atoms with Crippen LogP contribution in [0.3, 0.4) is 0 Å². The number of rotatable bonds is 5. The SMILES string of the molecule is CCOc1cccc(C)c1C(=O)Nc1ncc(N=O)s1. The Morgan fingerprint density at radius 1 is 1.50 bits per heavy atom. The molecule has 7 heteroatoms. The van der Waals surface area contributed by atoms with Crippen molar-refractivity contribution in [3.8, 4) is 5.75 Å². The van der Waals surface area contributed by atoms with E-state index in [4.69, 9.17) is 4.74 Å². The first kappa shape index (κ1) is 14.1. The maximum absolute atomic E-state index is 12.3. The molecule has 1 aromatic carbocycles. The van der Waals surface area contributed by atoms with E-state index in [1.807, 2.05) is 26.0 Å². The van der Waals surface area contributed by atoms with E-state index < -0.39 is 0 Å². The van der Waals surface area contributed by atoms with E-state index in [-0.39, 0.29) is 10.9 Å². The molecule has 2 aromatic rings. The highest BCUT2D eigenvalue weighted by Crippen LogP contribution is 2.28. The Balaban J connectivity index is 2.26.